The molecule has 0 spiro atoms. The van der Waals surface area contributed by atoms with Crippen molar-refractivity contribution in [3.8, 4) is 11.1 Å². The van der Waals surface area contributed by atoms with Gasteiger partial charge in [-0.1, -0.05) is 66.5 Å². The van der Waals surface area contributed by atoms with E-state index in [-0.39, 0.29) is 5.78 Å². The van der Waals surface area contributed by atoms with E-state index in [9.17, 15) is 4.79 Å². The van der Waals surface area contributed by atoms with Crippen molar-refractivity contribution < 1.29 is 4.79 Å². The number of halogens is 2. The van der Waals surface area contributed by atoms with Crippen molar-refractivity contribution in [2.24, 2.45) is 0 Å². The monoisotopic (exact) mass is 422 g/mol. The first-order valence-corrected chi connectivity index (χ1v) is 10.4. The van der Waals surface area contributed by atoms with Crippen LogP contribution in [0.4, 0.5) is 0 Å². The van der Waals surface area contributed by atoms with Crippen LogP contribution in [0.1, 0.15) is 35.1 Å². The largest absolute Gasteiger partial charge is 0.297 e. The number of carbonyl (C=O) groups is 1. The Bertz CT molecular complexity index is 1160. The van der Waals surface area contributed by atoms with E-state index in [1.165, 1.54) is 0 Å². The third kappa shape index (κ3) is 4.21. The molecule has 29 heavy (non-hydrogen) atoms. The van der Waals surface area contributed by atoms with Crippen molar-refractivity contribution in [2.45, 2.75) is 26.2 Å². The average Bonchev–Trinajstić information content (AvgIpc) is 3.10. The van der Waals surface area contributed by atoms with E-state index in [2.05, 4.69) is 29.2 Å². The number of aromatic nitrogens is 2. The topological polar surface area (TPSA) is 34.4 Å². The first-order valence-electron chi connectivity index (χ1n) is 9.59. The highest BCUT2D eigenvalue weighted by Gasteiger charge is 2.18. The number of Topliss-reactive ketones (excluding diaryl/α,β-unsaturated/α-hetero) is 1. The number of imidazole rings is 1. The molecule has 0 radical (unpaired) electrons. The minimum atomic E-state index is 0.0958. The Hall–Kier alpha value is -2.62. The van der Waals surface area contributed by atoms with Gasteiger partial charge in [-0.3, -0.25) is 9.20 Å². The maximum absolute atomic E-state index is 13.0. The first kappa shape index (κ1) is 19.7. The zero-order chi connectivity index (χ0) is 20.4. The summed E-state index contributed by atoms with van der Waals surface area (Å²) in [4.78, 5) is 17.5. The van der Waals surface area contributed by atoms with Gasteiger partial charge in [0.25, 0.3) is 0 Å². The smallest absolute Gasteiger partial charge is 0.181 e. The van der Waals surface area contributed by atoms with Crippen LogP contribution in [0.5, 0.6) is 0 Å². The van der Waals surface area contributed by atoms with Crippen LogP contribution >= 0.6 is 23.2 Å². The Balaban J connectivity index is 1.50. The van der Waals surface area contributed by atoms with Crippen molar-refractivity contribution in [1.82, 2.24) is 9.38 Å². The fourth-order valence-corrected chi connectivity index (χ4v) is 3.77. The second-order valence-corrected chi connectivity index (χ2v) is 7.83. The maximum atomic E-state index is 13.0. The summed E-state index contributed by atoms with van der Waals surface area (Å²) in [6, 6.07) is 19.7. The van der Waals surface area contributed by atoms with Crippen LogP contribution in [0.2, 0.25) is 10.0 Å². The van der Waals surface area contributed by atoms with Gasteiger partial charge >= 0.3 is 0 Å². The predicted octanol–water partition coefficient (Wildman–Crippen LogP) is 6.69. The van der Waals surface area contributed by atoms with Crippen molar-refractivity contribution in [1.29, 1.82) is 0 Å². The number of benzene rings is 2. The van der Waals surface area contributed by atoms with Gasteiger partial charge in [-0.25, -0.2) is 4.98 Å². The van der Waals surface area contributed by atoms with Gasteiger partial charge in [-0.15, -0.1) is 0 Å². The van der Waals surface area contributed by atoms with Crippen molar-refractivity contribution in [3.63, 3.8) is 0 Å². The summed E-state index contributed by atoms with van der Waals surface area (Å²) < 4.78 is 1.84. The first-order chi connectivity index (χ1) is 14.0. The molecule has 4 rings (SSSR count). The molecule has 3 nitrogen and oxygen atoms in total. The van der Waals surface area contributed by atoms with E-state index in [4.69, 9.17) is 23.2 Å². The molecule has 0 bridgehead atoms. The van der Waals surface area contributed by atoms with Crippen molar-refractivity contribution in [3.05, 3.63) is 93.9 Å². The normalized spacial score (nSPS) is 11.1. The zero-order valence-electron chi connectivity index (χ0n) is 16.0. The molecule has 146 valence electrons. The van der Waals surface area contributed by atoms with Gasteiger partial charge in [0.05, 0.1) is 5.69 Å². The molecule has 0 N–H and O–H groups in total. The number of aryl methyl sites for hydroxylation is 2. The summed E-state index contributed by atoms with van der Waals surface area (Å²) in [5, 5.41) is 1.34. The minimum Gasteiger partial charge on any atom is -0.297 e. The van der Waals surface area contributed by atoms with Gasteiger partial charge in [-0.2, -0.15) is 0 Å². The number of ketones is 1. The Labute approximate surface area is 179 Å². The van der Waals surface area contributed by atoms with E-state index in [1.54, 1.807) is 12.1 Å². The lowest BCUT2D eigenvalue weighted by atomic mass is 10.0. The van der Waals surface area contributed by atoms with Gasteiger partial charge in [0.1, 0.15) is 11.3 Å². The molecule has 0 aliphatic carbocycles. The molecular weight excluding hydrogens is 403 g/mol. The van der Waals surface area contributed by atoms with Crippen LogP contribution in [-0.2, 0) is 12.8 Å². The molecule has 0 atom stereocenters. The van der Waals surface area contributed by atoms with E-state index in [1.807, 2.05) is 41.8 Å². The summed E-state index contributed by atoms with van der Waals surface area (Å²) in [5.74, 6) is 0.0958. The predicted molar refractivity (Wildman–Crippen MR) is 119 cm³/mol. The van der Waals surface area contributed by atoms with Gasteiger partial charge in [0.15, 0.2) is 5.78 Å². The Morgan fingerprint density at radius 2 is 1.59 bits per heavy atom. The van der Waals surface area contributed by atoms with E-state index in [0.29, 0.717) is 35.6 Å². The van der Waals surface area contributed by atoms with Gasteiger partial charge in [0.2, 0.25) is 0 Å². The molecule has 0 unspecified atom stereocenters. The molecule has 2 aromatic carbocycles. The second kappa shape index (κ2) is 8.40. The molecule has 2 heterocycles. The number of hydrogen-bond donors (Lipinski definition) is 0. The highest BCUT2D eigenvalue weighted by molar-refractivity contribution is 6.31. The lowest BCUT2D eigenvalue weighted by Gasteiger charge is -2.06. The fourth-order valence-electron chi connectivity index (χ4n) is 3.49. The highest BCUT2D eigenvalue weighted by atomic mass is 35.5. The summed E-state index contributed by atoms with van der Waals surface area (Å²) in [7, 11) is 0. The molecule has 4 aromatic rings. The summed E-state index contributed by atoms with van der Waals surface area (Å²) in [6.45, 7) is 2.01. The van der Waals surface area contributed by atoms with E-state index >= 15 is 0 Å². The lowest BCUT2D eigenvalue weighted by molar-refractivity contribution is 0.0976. The number of fused-ring (bicyclic) bond motifs is 1. The quantitative estimate of drug-likeness (QED) is 0.324. The highest BCUT2D eigenvalue weighted by Crippen LogP contribution is 2.23. The third-order valence-corrected chi connectivity index (χ3v) is 5.52. The molecule has 0 aliphatic rings. The lowest BCUT2D eigenvalue weighted by Crippen LogP contribution is -2.07. The van der Waals surface area contributed by atoms with Gasteiger partial charge in [-0.05, 0) is 47.7 Å². The summed E-state index contributed by atoms with van der Waals surface area (Å²) in [5.41, 5.74) is 5.57. The summed E-state index contributed by atoms with van der Waals surface area (Å²) in [6.07, 6.45) is 3.64. The fraction of sp³-hybridized carbons (Fsp3) is 0.167. The second-order valence-electron chi connectivity index (χ2n) is 6.96. The maximum Gasteiger partial charge on any atom is 0.181 e. The molecule has 5 heteroatoms. The van der Waals surface area contributed by atoms with Crippen LogP contribution in [0.15, 0.2) is 66.9 Å². The average molecular weight is 423 g/mol. The summed E-state index contributed by atoms with van der Waals surface area (Å²) >= 11 is 12.0. The minimum absolute atomic E-state index is 0.0958. The number of carbonyl (C=O) groups excluding carboxylic acids is 1. The number of nitrogens with zero attached hydrogens (tertiary/aromatic N) is 2. The standard InChI is InChI=1S/C24H20Cl2N2O/c1-2-21-24(28-14-13-20(26)15-23(28)27-21)22(29)12-5-16-3-6-17(7-4-16)18-8-10-19(25)11-9-18/h3-4,6-11,13-15H,2,5,12H2,1H3. The van der Waals surface area contributed by atoms with Gasteiger partial charge in [0, 0.05) is 28.7 Å². The molecule has 0 amide bonds. The van der Waals surface area contributed by atoms with E-state index < -0.39 is 0 Å². The van der Waals surface area contributed by atoms with Crippen LogP contribution in [0, 0.1) is 0 Å². The SMILES string of the molecule is CCc1nc2cc(Cl)ccn2c1C(=O)CCc1ccc(-c2ccc(Cl)cc2)cc1. The van der Waals surface area contributed by atoms with Crippen molar-refractivity contribution in [2.75, 3.05) is 0 Å². The Kier molecular flexibility index (Phi) is 5.70. The molecule has 0 aliphatic heterocycles. The van der Waals surface area contributed by atoms with Crippen LogP contribution in [0.25, 0.3) is 16.8 Å². The molecule has 2 aromatic heterocycles. The van der Waals surface area contributed by atoms with Crippen LogP contribution < -0.4 is 0 Å². The number of pyridine rings is 1. The number of hydrogen-bond acceptors (Lipinski definition) is 2. The number of rotatable bonds is 6. The van der Waals surface area contributed by atoms with Crippen LogP contribution in [-0.4, -0.2) is 15.2 Å². The van der Waals surface area contributed by atoms with Gasteiger partial charge < -0.3 is 0 Å². The molecular formula is C24H20Cl2N2O. The zero-order valence-corrected chi connectivity index (χ0v) is 17.5. The third-order valence-electron chi connectivity index (χ3n) is 5.03. The Morgan fingerprint density at radius 3 is 2.24 bits per heavy atom. The molecule has 0 fully saturated rings. The van der Waals surface area contributed by atoms with E-state index in [0.717, 1.165) is 27.4 Å². The Morgan fingerprint density at radius 1 is 0.931 bits per heavy atom. The molecule has 0 saturated carbocycles. The van der Waals surface area contributed by atoms with Crippen LogP contribution in [0.3, 0.4) is 0 Å². The van der Waals surface area contributed by atoms with Crippen molar-refractivity contribution >= 4 is 34.6 Å². The molecule has 0 saturated heterocycles.